The molecule has 0 unspecified atom stereocenters. The number of ether oxygens (including phenoxy) is 1. The summed E-state index contributed by atoms with van der Waals surface area (Å²) in [4.78, 5) is 0. The maximum atomic E-state index is 5.23. The average molecular weight is 288 g/mol. The highest BCUT2D eigenvalue weighted by Crippen LogP contribution is 2.31. The zero-order valence-electron chi connectivity index (χ0n) is 12.6. The Morgan fingerprint density at radius 1 is 0.909 bits per heavy atom. The fourth-order valence-electron chi connectivity index (χ4n) is 2.91. The monoisotopic (exact) mass is 288 g/mol. The van der Waals surface area contributed by atoms with Gasteiger partial charge in [0.25, 0.3) is 0 Å². The molecule has 0 N–H and O–H groups in total. The predicted octanol–water partition coefficient (Wildman–Crippen LogP) is 4.40. The minimum Gasteiger partial charge on any atom is -0.497 e. The number of benzene rings is 3. The van der Waals surface area contributed by atoms with E-state index in [1.807, 2.05) is 23.9 Å². The molecule has 0 aliphatic heterocycles. The molecular formula is C19H16N2O. The highest BCUT2D eigenvalue weighted by atomic mass is 16.5. The average Bonchev–Trinajstić information content (AvgIpc) is 2.89. The summed E-state index contributed by atoms with van der Waals surface area (Å²) in [5, 5.41) is 8.36. The fraction of sp³-hybridized carbons (Fsp3) is 0.105. The fourth-order valence-corrected chi connectivity index (χ4v) is 2.91. The van der Waals surface area contributed by atoms with Crippen LogP contribution in [-0.4, -0.2) is 16.9 Å². The number of hydrogen-bond acceptors (Lipinski definition) is 2. The number of fused-ring (bicyclic) bond motifs is 2. The third-order valence-electron chi connectivity index (χ3n) is 4.08. The van der Waals surface area contributed by atoms with Crippen LogP contribution in [-0.2, 0) is 7.05 Å². The van der Waals surface area contributed by atoms with Gasteiger partial charge < -0.3 is 4.74 Å². The summed E-state index contributed by atoms with van der Waals surface area (Å²) in [5.74, 6) is 0.856. The van der Waals surface area contributed by atoms with Crippen LogP contribution in [0.1, 0.15) is 0 Å². The second-order valence-electron chi connectivity index (χ2n) is 5.42. The van der Waals surface area contributed by atoms with Gasteiger partial charge in [-0.15, -0.1) is 0 Å². The van der Waals surface area contributed by atoms with Crippen molar-refractivity contribution in [2.75, 3.05) is 7.11 Å². The van der Waals surface area contributed by atoms with Gasteiger partial charge in [-0.3, -0.25) is 4.68 Å². The Kier molecular flexibility index (Phi) is 2.86. The molecule has 0 fully saturated rings. The van der Waals surface area contributed by atoms with Gasteiger partial charge >= 0.3 is 0 Å². The van der Waals surface area contributed by atoms with Crippen LogP contribution in [0.5, 0.6) is 5.75 Å². The van der Waals surface area contributed by atoms with Gasteiger partial charge in [0, 0.05) is 18.0 Å². The SMILES string of the molecule is COc1ccc(-c2nn(C)c3cc4ccccc4cc23)cc1. The molecule has 1 heterocycles. The molecule has 3 aromatic carbocycles. The summed E-state index contributed by atoms with van der Waals surface area (Å²) in [7, 11) is 3.67. The second-order valence-corrected chi connectivity index (χ2v) is 5.42. The molecule has 0 saturated carbocycles. The van der Waals surface area contributed by atoms with Gasteiger partial charge in [0.05, 0.1) is 12.6 Å². The molecule has 4 rings (SSSR count). The van der Waals surface area contributed by atoms with Crippen LogP contribution < -0.4 is 4.74 Å². The lowest BCUT2D eigenvalue weighted by molar-refractivity contribution is 0.415. The van der Waals surface area contributed by atoms with Crippen molar-refractivity contribution in [2.45, 2.75) is 0 Å². The van der Waals surface area contributed by atoms with Crippen LogP contribution in [0, 0.1) is 0 Å². The van der Waals surface area contributed by atoms with Crippen molar-refractivity contribution in [1.82, 2.24) is 9.78 Å². The zero-order valence-corrected chi connectivity index (χ0v) is 12.6. The van der Waals surface area contributed by atoms with E-state index >= 15 is 0 Å². The van der Waals surface area contributed by atoms with Crippen molar-refractivity contribution in [2.24, 2.45) is 7.05 Å². The Hall–Kier alpha value is -2.81. The zero-order chi connectivity index (χ0) is 15.1. The first kappa shape index (κ1) is 12.9. The molecule has 3 heteroatoms. The highest BCUT2D eigenvalue weighted by Gasteiger charge is 2.11. The summed E-state index contributed by atoms with van der Waals surface area (Å²) >= 11 is 0. The number of methoxy groups -OCH3 is 1. The smallest absolute Gasteiger partial charge is 0.118 e. The first-order valence-electron chi connectivity index (χ1n) is 7.26. The Labute approximate surface area is 128 Å². The van der Waals surface area contributed by atoms with E-state index in [2.05, 4.69) is 48.5 Å². The van der Waals surface area contributed by atoms with Gasteiger partial charge in [0.2, 0.25) is 0 Å². The van der Waals surface area contributed by atoms with E-state index in [1.165, 1.54) is 16.2 Å². The summed E-state index contributed by atoms with van der Waals surface area (Å²) in [6.45, 7) is 0. The van der Waals surface area contributed by atoms with E-state index in [0.29, 0.717) is 0 Å². The number of rotatable bonds is 2. The van der Waals surface area contributed by atoms with Crippen LogP contribution in [0.3, 0.4) is 0 Å². The molecule has 22 heavy (non-hydrogen) atoms. The van der Waals surface area contributed by atoms with Gasteiger partial charge in [-0.25, -0.2) is 0 Å². The van der Waals surface area contributed by atoms with Crippen LogP contribution in [0.25, 0.3) is 32.9 Å². The molecule has 0 atom stereocenters. The largest absolute Gasteiger partial charge is 0.497 e. The highest BCUT2D eigenvalue weighted by molar-refractivity contribution is 6.02. The first-order valence-corrected chi connectivity index (χ1v) is 7.26. The summed E-state index contributed by atoms with van der Waals surface area (Å²) in [5.41, 5.74) is 3.25. The van der Waals surface area contributed by atoms with E-state index in [9.17, 15) is 0 Å². The number of nitrogens with zero attached hydrogens (tertiary/aromatic N) is 2. The number of aromatic nitrogens is 2. The maximum absolute atomic E-state index is 5.23. The van der Waals surface area contributed by atoms with Gasteiger partial charge in [-0.05, 0) is 47.2 Å². The lowest BCUT2D eigenvalue weighted by Gasteiger charge is -2.02. The van der Waals surface area contributed by atoms with Crippen molar-refractivity contribution < 1.29 is 4.74 Å². The molecule has 0 spiro atoms. The van der Waals surface area contributed by atoms with E-state index in [1.54, 1.807) is 7.11 Å². The normalized spacial score (nSPS) is 11.2. The summed E-state index contributed by atoms with van der Waals surface area (Å²) in [6, 6.07) is 20.9. The van der Waals surface area contributed by atoms with Crippen LogP contribution >= 0.6 is 0 Å². The Balaban J connectivity index is 1.98. The summed E-state index contributed by atoms with van der Waals surface area (Å²) in [6.07, 6.45) is 0. The van der Waals surface area contributed by atoms with Crippen molar-refractivity contribution in [3.05, 3.63) is 60.7 Å². The van der Waals surface area contributed by atoms with Crippen molar-refractivity contribution in [3.8, 4) is 17.0 Å². The maximum Gasteiger partial charge on any atom is 0.118 e. The number of hydrogen-bond donors (Lipinski definition) is 0. The Morgan fingerprint density at radius 2 is 1.59 bits per heavy atom. The molecule has 108 valence electrons. The van der Waals surface area contributed by atoms with Crippen molar-refractivity contribution in [1.29, 1.82) is 0 Å². The Bertz CT molecular complexity index is 968. The third-order valence-corrected chi connectivity index (χ3v) is 4.08. The van der Waals surface area contributed by atoms with Crippen LogP contribution in [0.2, 0.25) is 0 Å². The molecule has 0 aliphatic carbocycles. The summed E-state index contributed by atoms with van der Waals surface area (Å²) < 4.78 is 7.18. The lowest BCUT2D eigenvalue weighted by Crippen LogP contribution is -1.89. The molecule has 0 aliphatic rings. The lowest BCUT2D eigenvalue weighted by atomic mass is 10.0. The van der Waals surface area contributed by atoms with E-state index in [4.69, 9.17) is 9.84 Å². The molecule has 0 bridgehead atoms. The molecule has 0 amide bonds. The van der Waals surface area contributed by atoms with Crippen LogP contribution in [0.4, 0.5) is 0 Å². The van der Waals surface area contributed by atoms with E-state index in [0.717, 1.165) is 22.5 Å². The van der Waals surface area contributed by atoms with Crippen LogP contribution in [0.15, 0.2) is 60.7 Å². The molecular weight excluding hydrogens is 272 g/mol. The van der Waals surface area contributed by atoms with Gasteiger partial charge in [0.1, 0.15) is 11.4 Å². The minimum atomic E-state index is 0.856. The van der Waals surface area contributed by atoms with Gasteiger partial charge in [-0.2, -0.15) is 5.10 Å². The topological polar surface area (TPSA) is 27.1 Å². The molecule has 0 radical (unpaired) electrons. The minimum absolute atomic E-state index is 0.856. The predicted molar refractivity (Wildman–Crippen MR) is 90.2 cm³/mol. The van der Waals surface area contributed by atoms with E-state index < -0.39 is 0 Å². The van der Waals surface area contributed by atoms with Crippen molar-refractivity contribution >= 4 is 21.7 Å². The van der Waals surface area contributed by atoms with E-state index in [-0.39, 0.29) is 0 Å². The molecule has 3 nitrogen and oxygen atoms in total. The standard InChI is InChI=1S/C19H16N2O/c1-21-18-12-15-6-4-3-5-14(15)11-17(18)19(20-21)13-7-9-16(22-2)10-8-13/h3-12H,1-2H3. The van der Waals surface area contributed by atoms with Gasteiger partial charge in [-0.1, -0.05) is 24.3 Å². The molecule has 0 saturated heterocycles. The first-order chi connectivity index (χ1) is 10.8. The second kappa shape index (κ2) is 4.88. The molecule has 1 aromatic heterocycles. The van der Waals surface area contributed by atoms with Gasteiger partial charge in [0.15, 0.2) is 0 Å². The Morgan fingerprint density at radius 3 is 2.27 bits per heavy atom. The quantitative estimate of drug-likeness (QED) is 0.546. The molecule has 4 aromatic rings. The third kappa shape index (κ3) is 1.94. The van der Waals surface area contributed by atoms with Crippen molar-refractivity contribution in [3.63, 3.8) is 0 Å². The number of aryl methyl sites for hydroxylation is 1.